The van der Waals surface area contributed by atoms with E-state index in [1.807, 2.05) is 0 Å². The molecule has 0 radical (unpaired) electrons. The van der Waals surface area contributed by atoms with Crippen molar-refractivity contribution in [2.75, 3.05) is 11.0 Å². The van der Waals surface area contributed by atoms with E-state index < -0.39 is 19.9 Å². The summed E-state index contributed by atoms with van der Waals surface area (Å²) in [6.07, 6.45) is 1.04. The summed E-state index contributed by atoms with van der Waals surface area (Å²) in [5.41, 5.74) is 0.961. The molecule has 0 unspecified atom stereocenters. The van der Waals surface area contributed by atoms with Crippen molar-refractivity contribution < 1.29 is 16.8 Å². The summed E-state index contributed by atoms with van der Waals surface area (Å²) in [6, 6.07) is 7.11. The number of nitrogens with one attached hydrogen (secondary N) is 1. The first-order valence-corrected chi connectivity index (χ1v) is 10.8. The predicted octanol–water partition coefficient (Wildman–Crippen LogP) is 3.81. The number of sulfone groups is 1. The van der Waals surface area contributed by atoms with E-state index in [0.29, 0.717) is 11.1 Å². The highest BCUT2D eigenvalue weighted by Gasteiger charge is 2.24. The first-order chi connectivity index (χ1) is 10.9. The lowest BCUT2D eigenvalue weighted by molar-refractivity contribution is 0.598. The molecule has 2 rings (SSSR count). The molecule has 2 aromatic rings. The molecule has 0 atom stereocenters. The fraction of sp³-hybridized carbons (Fsp3) is 0.200. The molecule has 0 heterocycles. The zero-order valence-corrected chi connectivity index (χ0v) is 16.2. The van der Waals surface area contributed by atoms with Crippen LogP contribution >= 0.6 is 23.2 Å². The molecule has 2 aromatic carbocycles. The number of anilines is 1. The van der Waals surface area contributed by atoms with Crippen LogP contribution in [0.25, 0.3) is 0 Å². The van der Waals surface area contributed by atoms with Gasteiger partial charge in [0.15, 0.2) is 9.84 Å². The van der Waals surface area contributed by atoms with Crippen LogP contribution in [0.15, 0.2) is 40.1 Å². The molecule has 0 saturated heterocycles. The number of benzene rings is 2. The Balaban J connectivity index is 2.55. The molecule has 0 amide bonds. The van der Waals surface area contributed by atoms with E-state index in [0.717, 1.165) is 6.26 Å². The van der Waals surface area contributed by atoms with Crippen molar-refractivity contribution in [3.05, 3.63) is 51.5 Å². The van der Waals surface area contributed by atoms with Crippen LogP contribution in [0.3, 0.4) is 0 Å². The molecule has 0 fully saturated rings. The van der Waals surface area contributed by atoms with Gasteiger partial charge in [-0.05, 0) is 49.2 Å². The monoisotopic (exact) mass is 407 g/mol. The Hall–Kier alpha value is -1.28. The summed E-state index contributed by atoms with van der Waals surface area (Å²) in [7, 11) is -7.50. The molecule has 0 aliphatic heterocycles. The number of aryl methyl sites for hydroxylation is 1. The van der Waals surface area contributed by atoms with E-state index in [4.69, 9.17) is 23.2 Å². The maximum atomic E-state index is 12.7. The van der Waals surface area contributed by atoms with Gasteiger partial charge in [-0.3, -0.25) is 4.72 Å². The average Bonchev–Trinajstić information content (AvgIpc) is 2.44. The van der Waals surface area contributed by atoms with Gasteiger partial charge in [0.05, 0.1) is 15.6 Å². The zero-order chi connectivity index (χ0) is 18.3. The lowest BCUT2D eigenvalue weighted by Gasteiger charge is -2.15. The average molecular weight is 408 g/mol. The van der Waals surface area contributed by atoms with Crippen LogP contribution in [0.4, 0.5) is 5.69 Å². The minimum Gasteiger partial charge on any atom is -0.280 e. The smallest absolute Gasteiger partial charge is 0.263 e. The van der Waals surface area contributed by atoms with Gasteiger partial charge in [0, 0.05) is 11.3 Å². The minimum atomic E-state index is -4.04. The molecule has 9 heteroatoms. The van der Waals surface area contributed by atoms with Gasteiger partial charge in [-0.25, -0.2) is 16.8 Å². The van der Waals surface area contributed by atoms with Gasteiger partial charge in [0.2, 0.25) is 0 Å². The summed E-state index contributed by atoms with van der Waals surface area (Å²) in [5.74, 6) is 0. The fourth-order valence-electron chi connectivity index (χ4n) is 2.13. The molecule has 5 nitrogen and oxygen atoms in total. The SMILES string of the molecule is Cc1cc(Cl)c(C)c(S(=O)(=O)Nc2cccc(S(C)(=O)=O)c2)c1Cl. The van der Waals surface area contributed by atoms with E-state index in [9.17, 15) is 16.8 Å². The lowest BCUT2D eigenvalue weighted by atomic mass is 10.2. The third kappa shape index (κ3) is 3.85. The minimum absolute atomic E-state index is 0.00722. The zero-order valence-electron chi connectivity index (χ0n) is 13.1. The highest BCUT2D eigenvalue weighted by Crippen LogP contribution is 2.34. The van der Waals surface area contributed by atoms with Crippen LogP contribution in [-0.2, 0) is 19.9 Å². The Morgan fingerprint density at radius 2 is 1.62 bits per heavy atom. The molecule has 130 valence electrons. The second-order valence-corrected chi connectivity index (χ2v) is 9.77. The quantitative estimate of drug-likeness (QED) is 0.834. The third-order valence-corrected chi connectivity index (χ3v) is 7.02. The van der Waals surface area contributed by atoms with Crippen molar-refractivity contribution in [1.82, 2.24) is 0 Å². The Morgan fingerprint density at radius 3 is 2.21 bits per heavy atom. The molecule has 0 aliphatic rings. The summed E-state index contributed by atoms with van der Waals surface area (Å²) >= 11 is 12.2. The number of sulfonamides is 1. The Labute approximate surface area is 151 Å². The standard InChI is InChI=1S/C15H15Cl2NO4S2/c1-9-7-13(16)10(2)15(14(9)17)24(21,22)18-11-5-4-6-12(8-11)23(3,19)20/h4-8,18H,1-3H3. The van der Waals surface area contributed by atoms with Crippen LogP contribution in [0.1, 0.15) is 11.1 Å². The Kier molecular flexibility index (Phi) is 5.20. The van der Waals surface area contributed by atoms with E-state index in [2.05, 4.69) is 4.72 Å². The normalized spacial score (nSPS) is 12.2. The van der Waals surface area contributed by atoms with Gasteiger partial charge >= 0.3 is 0 Å². The second-order valence-electron chi connectivity index (χ2n) is 5.35. The Morgan fingerprint density at radius 1 is 1.00 bits per heavy atom. The summed E-state index contributed by atoms with van der Waals surface area (Å²) in [4.78, 5) is -0.119. The van der Waals surface area contributed by atoms with E-state index >= 15 is 0 Å². The van der Waals surface area contributed by atoms with Crippen molar-refractivity contribution in [3.63, 3.8) is 0 Å². The topological polar surface area (TPSA) is 80.3 Å². The van der Waals surface area contributed by atoms with Gasteiger partial charge < -0.3 is 0 Å². The fourth-order valence-corrected chi connectivity index (χ4v) is 5.06. The molecule has 0 aromatic heterocycles. The number of rotatable bonds is 4. The first-order valence-electron chi connectivity index (χ1n) is 6.71. The third-order valence-electron chi connectivity index (χ3n) is 3.37. The van der Waals surface area contributed by atoms with Crippen LogP contribution in [-0.4, -0.2) is 23.1 Å². The maximum Gasteiger partial charge on any atom is 0.263 e. The van der Waals surface area contributed by atoms with E-state index in [1.54, 1.807) is 19.9 Å². The van der Waals surface area contributed by atoms with Gasteiger partial charge in [0.25, 0.3) is 10.0 Å². The second kappa shape index (κ2) is 6.55. The van der Waals surface area contributed by atoms with E-state index in [-0.39, 0.29) is 25.5 Å². The molecular formula is C15H15Cl2NO4S2. The van der Waals surface area contributed by atoms with Crippen molar-refractivity contribution in [3.8, 4) is 0 Å². The molecular weight excluding hydrogens is 393 g/mol. The summed E-state index contributed by atoms with van der Waals surface area (Å²) in [6.45, 7) is 3.20. The predicted molar refractivity (Wildman–Crippen MR) is 96.3 cm³/mol. The molecule has 24 heavy (non-hydrogen) atoms. The van der Waals surface area contributed by atoms with Crippen molar-refractivity contribution in [2.45, 2.75) is 23.6 Å². The first kappa shape index (κ1) is 19.1. The summed E-state index contributed by atoms with van der Waals surface area (Å²) in [5, 5.41) is 0.353. The largest absolute Gasteiger partial charge is 0.280 e. The molecule has 0 saturated carbocycles. The Bertz CT molecular complexity index is 990. The van der Waals surface area contributed by atoms with Gasteiger partial charge in [-0.15, -0.1) is 0 Å². The maximum absolute atomic E-state index is 12.7. The number of hydrogen-bond donors (Lipinski definition) is 1. The van der Waals surface area contributed by atoms with Crippen LogP contribution in [0.2, 0.25) is 10.0 Å². The highest BCUT2D eigenvalue weighted by atomic mass is 35.5. The highest BCUT2D eigenvalue weighted by molar-refractivity contribution is 7.93. The van der Waals surface area contributed by atoms with Crippen LogP contribution in [0.5, 0.6) is 0 Å². The number of halogens is 2. The molecule has 0 spiro atoms. The van der Waals surface area contributed by atoms with Crippen molar-refractivity contribution in [1.29, 1.82) is 0 Å². The number of hydrogen-bond acceptors (Lipinski definition) is 4. The van der Waals surface area contributed by atoms with Gasteiger partial charge in [-0.1, -0.05) is 29.3 Å². The molecule has 1 N–H and O–H groups in total. The summed E-state index contributed by atoms with van der Waals surface area (Å²) < 4.78 is 51.0. The van der Waals surface area contributed by atoms with E-state index in [1.165, 1.54) is 24.3 Å². The molecule has 0 bridgehead atoms. The molecule has 0 aliphatic carbocycles. The van der Waals surface area contributed by atoms with Crippen LogP contribution < -0.4 is 4.72 Å². The van der Waals surface area contributed by atoms with Crippen molar-refractivity contribution in [2.24, 2.45) is 0 Å². The lowest BCUT2D eigenvalue weighted by Crippen LogP contribution is -2.16. The van der Waals surface area contributed by atoms with Crippen LogP contribution in [0, 0.1) is 13.8 Å². The van der Waals surface area contributed by atoms with Crippen molar-refractivity contribution >= 4 is 48.7 Å². The van der Waals surface area contributed by atoms with Gasteiger partial charge in [-0.2, -0.15) is 0 Å². The van der Waals surface area contributed by atoms with Gasteiger partial charge in [0.1, 0.15) is 4.90 Å².